The van der Waals surface area contributed by atoms with Crippen LogP contribution in [0.25, 0.3) is 10.9 Å². The minimum atomic E-state index is -1.34. The van der Waals surface area contributed by atoms with E-state index in [2.05, 4.69) is 20.7 Å². The van der Waals surface area contributed by atoms with E-state index < -0.39 is 23.4 Å². The van der Waals surface area contributed by atoms with Gasteiger partial charge in [-0.1, -0.05) is 24.3 Å². The number of H-pyrrole nitrogens is 1. The van der Waals surface area contributed by atoms with Crippen molar-refractivity contribution in [1.82, 2.24) is 30.6 Å². The number of hydrogen-bond donors (Lipinski definition) is 3. The Labute approximate surface area is 207 Å². The van der Waals surface area contributed by atoms with Gasteiger partial charge in [0.1, 0.15) is 17.1 Å². The van der Waals surface area contributed by atoms with E-state index in [-0.39, 0.29) is 24.7 Å². The van der Waals surface area contributed by atoms with Crippen molar-refractivity contribution in [2.24, 2.45) is 0 Å². The Morgan fingerprint density at radius 1 is 1.14 bits per heavy atom. The summed E-state index contributed by atoms with van der Waals surface area (Å²) < 4.78 is 5.14. The molecule has 0 spiro atoms. The molecule has 0 radical (unpaired) electrons. The fourth-order valence-electron chi connectivity index (χ4n) is 4.03. The number of nitrogens with zero attached hydrogens (tertiary/aromatic N) is 3. The molecule has 4 amide bonds. The second-order valence-electron chi connectivity index (χ2n) is 8.99. The third-order valence-electron chi connectivity index (χ3n) is 6.19. The molecule has 4 rings (SSSR count). The van der Waals surface area contributed by atoms with Gasteiger partial charge in [-0.3, -0.25) is 24.7 Å². The second kappa shape index (κ2) is 9.78. The van der Waals surface area contributed by atoms with E-state index in [1.54, 1.807) is 60.4 Å². The molecule has 1 aliphatic heterocycles. The van der Waals surface area contributed by atoms with Crippen LogP contribution in [0.15, 0.2) is 53.3 Å². The van der Waals surface area contributed by atoms with Gasteiger partial charge in [-0.25, -0.2) is 9.78 Å². The monoisotopic (exact) mass is 492 g/mol. The number of nitrogens with one attached hydrogen (secondary N) is 3. The minimum Gasteiger partial charge on any atom is -0.497 e. The molecule has 1 aliphatic rings. The van der Waals surface area contributed by atoms with Crippen molar-refractivity contribution in [3.8, 4) is 5.75 Å². The maximum Gasteiger partial charge on any atom is 0.344 e. The molecule has 11 heteroatoms. The van der Waals surface area contributed by atoms with Crippen molar-refractivity contribution in [2.45, 2.75) is 38.9 Å². The molecule has 188 valence electrons. The fourth-order valence-corrected chi connectivity index (χ4v) is 4.03. The van der Waals surface area contributed by atoms with Crippen molar-refractivity contribution in [2.75, 3.05) is 13.7 Å². The van der Waals surface area contributed by atoms with Gasteiger partial charge in [0, 0.05) is 6.04 Å². The Hall–Kier alpha value is -4.25. The lowest BCUT2D eigenvalue weighted by atomic mass is 9.92. The van der Waals surface area contributed by atoms with E-state index in [4.69, 9.17) is 4.74 Å². The third-order valence-corrected chi connectivity index (χ3v) is 6.19. The highest BCUT2D eigenvalue weighted by atomic mass is 16.5. The lowest BCUT2D eigenvalue weighted by molar-refractivity contribution is -0.139. The molecule has 0 saturated carbocycles. The number of amides is 4. The van der Waals surface area contributed by atoms with Crippen molar-refractivity contribution >= 4 is 28.7 Å². The molecule has 3 N–H and O–H groups in total. The SMILES string of the molecule is COc1ccc(C2(C)NC(=O)N(NC(=O)CN(Cc3nc4ccccc4c(=O)[nH]3)C(C)C)C2=O)cc1. The first-order chi connectivity index (χ1) is 17.1. The van der Waals surface area contributed by atoms with Gasteiger partial charge in [0.2, 0.25) is 0 Å². The summed E-state index contributed by atoms with van der Waals surface area (Å²) in [6.07, 6.45) is 0. The van der Waals surface area contributed by atoms with Crippen LogP contribution in [0, 0.1) is 0 Å². The van der Waals surface area contributed by atoms with E-state index in [0.29, 0.717) is 33.0 Å². The molecule has 0 aliphatic carbocycles. The lowest BCUT2D eigenvalue weighted by Crippen LogP contribution is -2.51. The van der Waals surface area contributed by atoms with Gasteiger partial charge >= 0.3 is 6.03 Å². The molecule has 3 aromatic rings. The van der Waals surface area contributed by atoms with E-state index in [0.717, 1.165) is 0 Å². The molecule has 11 nitrogen and oxygen atoms in total. The number of benzene rings is 2. The van der Waals surface area contributed by atoms with Crippen LogP contribution < -0.4 is 21.0 Å². The number of fused-ring (bicyclic) bond motifs is 1. The Balaban J connectivity index is 1.46. The molecule has 1 atom stereocenters. The minimum absolute atomic E-state index is 0.0970. The maximum atomic E-state index is 13.1. The number of aromatic nitrogens is 2. The highest BCUT2D eigenvalue weighted by Gasteiger charge is 2.50. The zero-order valence-electron chi connectivity index (χ0n) is 20.5. The smallest absolute Gasteiger partial charge is 0.344 e. The molecule has 0 bridgehead atoms. The number of imide groups is 1. The van der Waals surface area contributed by atoms with Crippen LogP contribution >= 0.6 is 0 Å². The molecular weight excluding hydrogens is 464 g/mol. The van der Waals surface area contributed by atoms with Gasteiger partial charge in [-0.05, 0) is 50.6 Å². The molecular formula is C25H28N6O5. The highest BCUT2D eigenvalue weighted by molar-refractivity contribution is 6.08. The van der Waals surface area contributed by atoms with Gasteiger partial charge in [-0.2, -0.15) is 5.01 Å². The van der Waals surface area contributed by atoms with Gasteiger partial charge < -0.3 is 15.0 Å². The summed E-state index contributed by atoms with van der Waals surface area (Å²) in [7, 11) is 1.53. The molecule has 1 fully saturated rings. The Kier molecular flexibility index (Phi) is 6.75. The number of para-hydroxylation sites is 1. The first-order valence-electron chi connectivity index (χ1n) is 11.4. The number of hydrogen-bond acceptors (Lipinski definition) is 7. The molecule has 1 saturated heterocycles. The van der Waals surface area contributed by atoms with E-state index >= 15 is 0 Å². The summed E-state index contributed by atoms with van der Waals surface area (Å²) in [5.41, 5.74) is 1.91. The standard InChI is InChI=1S/C25H28N6O5/c1-15(2)30(13-20-26-19-8-6-5-7-18(19)22(33)27-20)14-21(32)29-31-23(34)25(3,28-24(31)35)16-9-11-17(36-4)12-10-16/h5-12,15H,13-14H2,1-4H3,(H,28,35)(H,29,32)(H,26,27,33). The Morgan fingerprint density at radius 3 is 2.50 bits per heavy atom. The number of carbonyl (C=O) groups is 3. The number of methoxy groups -OCH3 is 1. The van der Waals surface area contributed by atoms with E-state index in [1.807, 2.05) is 13.8 Å². The van der Waals surface area contributed by atoms with Gasteiger partial charge in [-0.15, -0.1) is 0 Å². The number of urea groups is 1. The average Bonchev–Trinajstić information content (AvgIpc) is 3.07. The van der Waals surface area contributed by atoms with Crippen molar-refractivity contribution in [3.05, 3.63) is 70.3 Å². The van der Waals surface area contributed by atoms with Crippen LogP contribution in [0.2, 0.25) is 0 Å². The quantitative estimate of drug-likeness (QED) is 0.407. The zero-order valence-corrected chi connectivity index (χ0v) is 20.5. The predicted molar refractivity (Wildman–Crippen MR) is 132 cm³/mol. The first kappa shape index (κ1) is 24.9. The Morgan fingerprint density at radius 2 is 1.83 bits per heavy atom. The van der Waals surface area contributed by atoms with Crippen LogP contribution in [0.5, 0.6) is 5.75 Å². The van der Waals surface area contributed by atoms with E-state index in [1.165, 1.54) is 7.11 Å². The average molecular weight is 493 g/mol. The molecule has 2 aromatic carbocycles. The van der Waals surface area contributed by atoms with Crippen molar-refractivity contribution in [1.29, 1.82) is 0 Å². The van der Waals surface area contributed by atoms with Gasteiger partial charge in [0.05, 0.1) is 31.1 Å². The highest BCUT2D eigenvalue weighted by Crippen LogP contribution is 2.29. The maximum absolute atomic E-state index is 13.1. The predicted octanol–water partition coefficient (Wildman–Crippen LogP) is 1.64. The van der Waals surface area contributed by atoms with Crippen molar-refractivity contribution in [3.63, 3.8) is 0 Å². The lowest BCUT2D eigenvalue weighted by Gasteiger charge is -2.26. The molecule has 36 heavy (non-hydrogen) atoms. The topological polar surface area (TPSA) is 137 Å². The number of carbonyl (C=O) groups excluding carboxylic acids is 3. The Bertz CT molecular complexity index is 1370. The van der Waals surface area contributed by atoms with Gasteiger partial charge in [0.15, 0.2) is 0 Å². The number of hydrazine groups is 1. The fraction of sp³-hybridized carbons (Fsp3) is 0.320. The number of aromatic amines is 1. The summed E-state index contributed by atoms with van der Waals surface area (Å²) in [4.78, 5) is 60.0. The normalized spacial score (nSPS) is 17.7. The van der Waals surface area contributed by atoms with Gasteiger partial charge in [0.25, 0.3) is 17.4 Å². The first-order valence-corrected chi connectivity index (χ1v) is 11.4. The summed E-state index contributed by atoms with van der Waals surface area (Å²) in [5.74, 6) is -0.153. The van der Waals surface area contributed by atoms with Crippen LogP contribution in [-0.4, -0.2) is 57.4 Å². The summed E-state index contributed by atoms with van der Waals surface area (Å²) in [6, 6.07) is 12.9. The van der Waals surface area contributed by atoms with E-state index in [9.17, 15) is 19.2 Å². The number of ether oxygens (including phenoxy) is 1. The summed E-state index contributed by atoms with van der Waals surface area (Å²) in [6.45, 7) is 5.41. The summed E-state index contributed by atoms with van der Waals surface area (Å²) in [5, 5.41) is 3.82. The third kappa shape index (κ3) is 4.78. The largest absolute Gasteiger partial charge is 0.497 e. The van der Waals surface area contributed by atoms with Crippen LogP contribution in [0.1, 0.15) is 32.2 Å². The van der Waals surface area contributed by atoms with Crippen LogP contribution in [0.3, 0.4) is 0 Å². The van der Waals surface area contributed by atoms with Crippen LogP contribution in [0.4, 0.5) is 4.79 Å². The number of rotatable bonds is 8. The summed E-state index contributed by atoms with van der Waals surface area (Å²) >= 11 is 0. The second-order valence-corrected chi connectivity index (χ2v) is 8.99. The molecule has 2 heterocycles. The molecule has 1 unspecified atom stereocenters. The van der Waals surface area contributed by atoms with Crippen LogP contribution in [-0.2, 0) is 21.7 Å². The zero-order chi connectivity index (χ0) is 26.0. The molecule has 1 aromatic heterocycles. The van der Waals surface area contributed by atoms with Crippen molar-refractivity contribution < 1.29 is 19.1 Å².